The number of imidazole rings is 1. The van der Waals surface area contributed by atoms with Gasteiger partial charge in [-0.05, 0) is 49.9 Å². The molecule has 0 atom stereocenters. The van der Waals surface area contributed by atoms with Crippen molar-refractivity contribution >= 4 is 32.8 Å². The summed E-state index contributed by atoms with van der Waals surface area (Å²) < 4.78 is 35.4. The molecule has 0 unspecified atom stereocenters. The van der Waals surface area contributed by atoms with Crippen molar-refractivity contribution in [3.63, 3.8) is 0 Å². The van der Waals surface area contributed by atoms with E-state index in [1.165, 1.54) is 24.3 Å². The molecule has 1 N–H and O–H groups in total. The maximum absolute atomic E-state index is 12.8. The summed E-state index contributed by atoms with van der Waals surface area (Å²) >= 11 is 1.76. The Balaban J connectivity index is 1.41. The van der Waals surface area contributed by atoms with Crippen molar-refractivity contribution in [1.82, 2.24) is 14.3 Å². The van der Waals surface area contributed by atoms with Gasteiger partial charge < -0.3 is 8.98 Å². The standard InChI is InChI=1S/C19H21N3O4S2/c1-22-11-10-20-19(22)27-15-5-3-14(4-6-15)21-28(24,25)16-7-8-17-13(12-16)2-9-18(23)26-17/h2,7-12,14-15,21H,3-6H2,1H3. The van der Waals surface area contributed by atoms with Crippen LogP contribution in [0.2, 0.25) is 0 Å². The highest BCUT2D eigenvalue weighted by Crippen LogP contribution is 2.33. The van der Waals surface area contributed by atoms with Gasteiger partial charge in [-0.2, -0.15) is 0 Å². The van der Waals surface area contributed by atoms with Gasteiger partial charge >= 0.3 is 5.63 Å². The third-order valence-corrected chi connectivity index (χ3v) is 7.87. The van der Waals surface area contributed by atoms with Gasteiger partial charge in [-0.1, -0.05) is 11.8 Å². The van der Waals surface area contributed by atoms with Crippen molar-refractivity contribution in [3.05, 3.63) is 53.1 Å². The Bertz CT molecular complexity index is 1150. The minimum absolute atomic E-state index is 0.0763. The molecule has 4 rings (SSSR count). The van der Waals surface area contributed by atoms with Gasteiger partial charge in [-0.15, -0.1) is 0 Å². The first-order valence-electron chi connectivity index (χ1n) is 9.11. The normalized spacial score (nSPS) is 20.5. The molecule has 0 aliphatic heterocycles. The lowest BCUT2D eigenvalue weighted by molar-refractivity contribution is 0.419. The second-order valence-corrected chi connectivity index (χ2v) is 9.97. The third kappa shape index (κ3) is 4.16. The molecule has 9 heteroatoms. The predicted molar refractivity (Wildman–Crippen MR) is 108 cm³/mol. The van der Waals surface area contributed by atoms with Gasteiger partial charge in [-0.25, -0.2) is 22.9 Å². The molecule has 0 saturated heterocycles. The topological polar surface area (TPSA) is 94.2 Å². The molecule has 1 aliphatic rings. The molecule has 0 bridgehead atoms. The van der Waals surface area contributed by atoms with E-state index >= 15 is 0 Å². The number of nitrogens with one attached hydrogen (secondary N) is 1. The highest BCUT2D eigenvalue weighted by Gasteiger charge is 2.27. The van der Waals surface area contributed by atoms with Crippen LogP contribution in [0.4, 0.5) is 0 Å². The van der Waals surface area contributed by atoms with Crippen LogP contribution in [0.15, 0.2) is 62.0 Å². The van der Waals surface area contributed by atoms with Crippen molar-refractivity contribution in [2.45, 2.75) is 47.0 Å². The highest BCUT2D eigenvalue weighted by atomic mass is 32.2. The van der Waals surface area contributed by atoms with Crippen molar-refractivity contribution in [1.29, 1.82) is 0 Å². The molecule has 1 saturated carbocycles. The molecule has 1 fully saturated rings. The van der Waals surface area contributed by atoms with Crippen LogP contribution in [0.5, 0.6) is 0 Å². The summed E-state index contributed by atoms with van der Waals surface area (Å²) in [5.74, 6) is 0. The van der Waals surface area contributed by atoms with E-state index in [9.17, 15) is 13.2 Å². The molecule has 1 aromatic carbocycles. The zero-order valence-electron chi connectivity index (χ0n) is 15.4. The molecule has 0 radical (unpaired) electrons. The van der Waals surface area contributed by atoms with Crippen LogP contribution in [0.25, 0.3) is 11.0 Å². The first-order chi connectivity index (χ1) is 13.4. The van der Waals surface area contributed by atoms with Gasteiger partial charge in [-0.3, -0.25) is 0 Å². The second-order valence-electron chi connectivity index (χ2n) is 6.99. The fourth-order valence-electron chi connectivity index (χ4n) is 3.42. The lowest BCUT2D eigenvalue weighted by Crippen LogP contribution is -2.38. The fourth-order valence-corrected chi connectivity index (χ4v) is 5.91. The summed E-state index contributed by atoms with van der Waals surface area (Å²) in [6.07, 6.45) is 7.18. The van der Waals surface area contributed by atoms with Gasteiger partial charge in [0.05, 0.1) is 4.90 Å². The number of hydrogen-bond donors (Lipinski definition) is 1. The number of nitrogens with zero attached hydrogens (tertiary/aromatic N) is 2. The number of thioether (sulfide) groups is 1. The zero-order valence-corrected chi connectivity index (χ0v) is 17.0. The molecular weight excluding hydrogens is 398 g/mol. The fraction of sp³-hybridized carbons (Fsp3) is 0.368. The molecule has 7 nitrogen and oxygen atoms in total. The Morgan fingerprint density at radius 3 is 2.68 bits per heavy atom. The first-order valence-corrected chi connectivity index (χ1v) is 11.5. The van der Waals surface area contributed by atoms with Crippen molar-refractivity contribution in [2.24, 2.45) is 7.05 Å². The lowest BCUT2D eigenvalue weighted by atomic mass is 9.96. The minimum Gasteiger partial charge on any atom is -0.423 e. The Morgan fingerprint density at radius 2 is 1.96 bits per heavy atom. The van der Waals surface area contributed by atoms with E-state index in [4.69, 9.17) is 4.42 Å². The molecule has 3 aromatic rings. The number of aromatic nitrogens is 2. The maximum Gasteiger partial charge on any atom is 0.336 e. The first kappa shape index (κ1) is 19.2. The summed E-state index contributed by atoms with van der Waals surface area (Å²) in [6, 6.07) is 7.30. The smallest absolute Gasteiger partial charge is 0.336 e. The van der Waals surface area contributed by atoms with E-state index in [1.54, 1.807) is 24.0 Å². The summed E-state index contributed by atoms with van der Waals surface area (Å²) in [5.41, 5.74) is -0.0836. The highest BCUT2D eigenvalue weighted by molar-refractivity contribution is 7.99. The van der Waals surface area contributed by atoms with Crippen LogP contribution in [-0.2, 0) is 17.1 Å². The summed E-state index contributed by atoms with van der Waals surface area (Å²) in [7, 11) is -1.65. The third-order valence-electron chi connectivity index (χ3n) is 4.95. The van der Waals surface area contributed by atoms with Gasteiger partial charge in [0.15, 0.2) is 5.16 Å². The summed E-state index contributed by atoms with van der Waals surface area (Å²) in [6.45, 7) is 0. The van der Waals surface area contributed by atoms with Crippen molar-refractivity contribution < 1.29 is 12.8 Å². The quantitative estimate of drug-likeness (QED) is 0.639. The van der Waals surface area contributed by atoms with Crippen LogP contribution < -0.4 is 10.3 Å². The number of sulfonamides is 1. The molecule has 2 aromatic heterocycles. The van der Waals surface area contributed by atoms with Crippen LogP contribution in [-0.4, -0.2) is 29.3 Å². The second kappa shape index (κ2) is 7.73. The van der Waals surface area contributed by atoms with Crippen molar-refractivity contribution in [3.8, 4) is 0 Å². The van der Waals surface area contributed by atoms with E-state index in [0.717, 1.165) is 30.8 Å². The van der Waals surface area contributed by atoms with Gasteiger partial charge in [0.25, 0.3) is 0 Å². The Kier molecular flexibility index (Phi) is 5.31. The van der Waals surface area contributed by atoms with E-state index in [-0.39, 0.29) is 10.9 Å². The maximum atomic E-state index is 12.8. The molecular formula is C19H21N3O4S2. The number of benzene rings is 1. The van der Waals surface area contributed by atoms with Crippen LogP contribution in [0, 0.1) is 0 Å². The number of hydrogen-bond acceptors (Lipinski definition) is 6. The van der Waals surface area contributed by atoms with Gasteiger partial charge in [0.2, 0.25) is 10.0 Å². The van der Waals surface area contributed by atoms with E-state index in [0.29, 0.717) is 16.2 Å². The summed E-state index contributed by atoms with van der Waals surface area (Å²) in [5, 5.41) is 2.02. The van der Waals surface area contributed by atoms with Crippen LogP contribution in [0.1, 0.15) is 25.7 Å². The number of rotatable bonds is 5. The largest absolute Gasteiger partial charge is 0.423 e. The average molecular weight is 420 g/mol. The van der Waals surface area contributed by atoms with Crippen molar-refractivity contribution in [2.75, 3.05) is 0 Å². The molecule has 0 amide bonds. The molecule has 28 heavy (non-hydrogen) atoms. The molecule has 1 aliphatic carbocycles. The van der Waals surface area contributed by atoms with E-state index in [1.807, 2.05) is 17.8 Å². The predicted octanol–water partition coefficient (Wildman–Crippen LogP) is 2.91. The minimum atomic E-state index is -3.63. The van der Waals surface area contributed by atoms with Gasteiger partial charge in [0.1, 0.15) is 5.58 Å². The zero-order chi connectivity index (χ0) is 19.7. The number of aryl methyl sites for hydroxylation is 1. The SMILES string of the molecule is Cn1ccnc1SC1CCC(NS(=O)(=O)c2ccc3oc(=O)ccc3c2)CC1. The van der Waals surface area contributed by atoms with Crippen LogP contribution in [0.3, 0.4) is 0 Å². The average Bonchev–Trinajstić information content (AvgIpc) is 3.07. The van der Waals surface area contributed by atoms with Gasteiger partial charge in [0, 0.05) is 42.2 Å². The summed E-state index contributed by atoms with van der Waals surface area (Å²) in [4.78, 5) is 15.8. The molecule has 148 valence electrons. The van der Waals surface area contributed by atoms with E-state index < -0.39 is 15.6 Å². The Morgan fingerprint density at radius 1 is 1.18 bits per heavy atom. The van der Waals surface area contributed by atoms with E-state index in [2.05, 4.69) is 9.71 Å². The Hall–Kier alpha value is -2.10. The van der Waals surface area contributed by atoms with Crippen LogP contribution >= 0.6 is 11.8 Å². The lowest BCUT2D eigenvalue weighted by Gasteiger charge is -2.28. The monoisotopic (exact) mass is 419 g/mol. The Labute approximate surface area is 167 Å². The molecule has 0 spiro atoms. The molecule has 2 heterocycles. The number of fused-ring (bicyclic) bond motifs is 1.